The molecule has 0 bridgehead atoms. The van der Waals surface area contributed by atoms with E-state index in [2.05, 4.69) is 17.1 Å². The largest absolute Gasteiger partial charge is 0.493 e. The maximum Gasteiger partial charge on any atom is 0.289 e. The fraction of sp³-hybridized carbons (Fsp3) is 0.583. The number of carbonyl (C=O) groups is 2. The summed E-state index contributed by atoms with van der Waals surface area (Å²) in [6.45, 7) is 6.41. The van der Waals surface area contributed by atoms with Gasteiger partial charge in [-0.05, 0) is 37.9 Å². The summed E-state index contributed by atoms with van der Waals surface area (Å²) < 4.78 is 11.2. The van der Waals surface area contributed by atoms with Gasteiger partial charge in [-0.3, -0.25) is 9.59 Å². The smallest absolute Gasteiger partial charge is 0.289 e. The fourth-order valence-electron chi connectivity index (χ4n) is 5.77. The van der Waals surface area contributed by atoms with Gasteiger partial charge in [-0.25, -0.2) is 0 Å². The molecule has 4 heterocycles. The number of methoxy groups -OCH3 is 1. The van der Waals surface area contributed by atoms with E-state index in [1.807, 2.05) is 23.1 Å². The summed E-state index contributed by atoms with van der Waals surface area (Å²) in [6.07, 6.45) is 3.96. The zero-order chi connectivity index (χ0) is 21.6. The van der Waals surface area contributed by atoms with Gasteiger partial charge in [0.2, 0.25) is 5.91 Å². The number of unbranched alkanes of at least 4 members (excludes halogenated alkanes) is 1. The summed E-state index contributed by atoms with van der Waals surface area (Å²) in [5.74, 6) is 1.53. The molecule has 5 rings (SSSR count). The van der Waals surface area contributed by atoms with E-state index in [-0.39, 0.29) is 23.3 Å². The Balaban J connectivity index is 1.28. The van der Waals surface area contributed by atoms with Crippen molar-refractivity contribution in [3.05, 3.63) is 30.0 Å². The number of nitrogens with zero attached hydrogens (tertiary/aromatic N) is 2. The number of furan rings is 1. The van der Waals surface area contributed by atoms with Crippen molar-refractivity contribution in [1.29, 1.82) is 0 Å². The lowest BCUT2D eigenvalue weighted by atomic mass is 9.75. The number of rotatable bonds is 5. The highest BCUT2D eigenvalue weighted by molar-refractivity contribution is 5.97. The summed E-state index contributed by atoms with van der Waals surface area (Å²) in [7, 11) is 1.60. The van der Waals surface area contributed by atoms with Gasteiger partial charge >= 0.3 is 0 Å². The Kier molecular flexibility index (Phi) is 5.16. The first-order valence-electron chi connectivity index (χ1n) is 11.4. The summed E-state index contributed by atoms with van der Waals surface area (Å²) in [5.41, 5.74) is 0.433. The third kappa shape index (κ3) is 3.39. The van der Waals surface area contributed by atoms with Gasteiger partial charge < -0.3 is 24.3 Å². The molecular weight excluding hydrogens is 394 g/mol. The molecule has 1 aromatic carbocycles. The highest BCUT2D eigenvalue weighted by Crippen LogP contribution is 2.44. The molecule has 2 atom stereocenters. The van der Waals surface area contributed by atoms with Crippen molar-refractivity contribution in [2.45, 2.75) is 38.1 Å². The zero-order valence-corrected chi connectivity index (χ0v) is 18.4. The van der Waals surface area contributed by atoms with Crippen LogP contribution in [-0.2, 0) is 4.79 Å². The Bertz CT molecular complexity index is 992. The second-order valence-electron chi connectivity index (χ2n) is 9.25. The number of fused-ring (bicyclic) bond motifs is 3. The molecule has 2 amide bonds. The van der Waals surface area contributed by atoms with E-state index < -0.39 is 0 Å². The lowest BCUT2D eigenvalue weighted by molar-refractivity contribution is -0.123. The van der Waals surface area contributed by atoms with Crippen molar-refractivity contribution < 1.29 is 18.7 Å². The minimum atomic E-state index is -0.170. The van der Waals surface area contributed by atoms with Gasteiger partial charge in [0, 0.05) is 43.0 Å². The predicted molar refractivity (Wildman–Crippen MR) is 117 cm³/mol. The number of para-hydroxylation sites is 1. The van der Waals surface area contributed by atoms with Crippen LogP contribution in [-0.4, -0.2) is 67.0 Å². The Labute approximate surface area is 182 Å². The average Bonchev–Trinajstić information content (AvgIpc) is 3.47. The quantitative estimate of drug-likeness (QED) is 0.797. The van der Waals surface area contributed by atoms with Crippen molar-refractivity contribution in [1.82, 2.24) is 15.1 Å². The second-order valence-corrected chi connectivity index (χ2v) is 9.25. The maximum absolute atomic E-state index is 13.1. The molecule has 3 saturated heterocycles. The maximum atomic E-state index is 13.1. The van der Waals surface area contributed by atoms with E-state index >= 15 is 0 Å². The van der Waals surface area contributed by atoms with Crippen molar-refractivity contribution in [3.63, 3.8) is 0 Å². The van der Waals surface area contributed by atoms with Gasteiger partial charge in [0.15, 0.2) is 17.1 Å². The predicted octanol–water partition coefficient (Wildman–Crippen LogP) is 2.89. The number of hydrogen-bond donors (Lipinski definition) is 1. The van der Waals surface area contributed by atoms with Crippen LogP contribution in [0.25, 0.3) is 11.0 Å². The van der Waals surface area contributed by atoms with Crippen LogP contribution in [0.15, 0.2) is 28.7 Å². The number of carbonyl (C=O) groups excluding carboxylic acids is 2. The molecule has 1 spiro atoms. The Morgan fingerprint density at radius 1 is 1.29 bits per heavy atom. The highest BCUT2D eigenvalue weighted by Gasteiger charge is 2.57. The Hall–Kier alpha value is -2.54. The molecule has 7 heteroatoms. The van der Waals surface area contributed by atoms with Crippen LogP contribution in [0.2, 0.25) is 0 Å². The molecule has 166 valence electrons. The minimum absolute atomic E-state index is 0.0926. The molecule has 7 nitrogen and oxygen atoms in total. The van der Waals surface area contributed by atoms with E-state index in [9.17, 15) is 9.59 Å². The SMILES string of the molecule is CCCCN1C[C@H]2C(=O)NC3(CCN(C(=O)c4cc5cccc(OC)c5o4)CC3)[C@H]2C1. The second kappa shape index (κ2) is 7.86. The normalized spacial score (nSPS) is 25.2. The number of hydrogen-bond acceptors (Lipinski definition) is 5. The first kappa shape index (κ1) is 20.4. The number of ether oxygens (including phenoxy) is 1. The van der Waals surface area contributed by atoms with E-state index in [0.717, 1.165) is 37.9 Å². The van der Waals surface area contributed by atoms with Gasteiger partial charge in [0.05, 0.1) is 13.0 Å². The summed E-state index contributed by atoms with van der Waals surface area (Å²) in [4.78, 5) is 30.1. The van der Waals surface area contributed by atoms with Crippen LogP contribution in [0.4, 0.5) is 0 Å². The fourth-order valence-corrected chi connectivity index (χ4v) is 5.77. The summed E-state index contributed by atoms with van der Waals surface area (Å²) in [6, 6.07) is 7.43. The Morgan fingerprint density at radius 3 is 2.84 bits per heavy atom. The first-order chi connectivity index (χ1) is 15.0. The Morgan fingerprint density at radius 2 is 2.10 bits per heavy atom. The lowest BCUT2D eigenvalue weighted by Gasteiger charge is -2.42. The lowest BCUT2D eigenvalue weighted by Crippen LogP contribution is -2.56. The van der Waals surface area contributed by atoms with Crippen molar-refractivity contribution >= 4 is 22.8 Å². The first-order valence-corrected chi connectivity index (χ1v) is 11.4. The average molecular weight is 426 g/mol. The van der Waals surface area contributed by atoms with Crippen molar-refractivity contribution in [2.24, 2.45) is 11.8 Å². The van der Waals surface area contributed by atoms with Crippen LogP contribution in [0, 0.1) is 11.8 Å². The molecule has 1 N–H and O–H groups in total. The minimum Gasteiger partial charge on any atom is -0.493 e. The molecule has 1 aromatic heterocycles. The van der Waals surface area contributed by atoms with Gasteiger partial charge in [-0.15, -0.1) is 0 Å². The molecule has 3 aliphatic rings. The number of amides is 2. The molecular formula is C24H31N3O4. The highest BCUT2D eigenvalue weighted by atomic mass is 16.5. The van der Waals surface area contributed by atoms with Crippen LogP contribution in [0.3, 0.4) is 0 Å². The van der Waals surface area contributed by atoms with Crippen LogP contribution in [0.1, 0.15) is 43.2 Å². The van der Waals surface area contributed by atoms with Crippen molar-refractivity contribution in [2.75, 3.05) is 39.8 Å². The molecule has 31 heavy (non-hydrogen) atoms. The van der Waals surface area contributed by atoms with Crippen molar-refractivity contribution in [3.8, 4) is 5.75 Å². The van der Waals surface area contributed by atoms with Crippen LogP contribution >= 0.6 is 0 Å². The van der Waals surface area contributed by atoms with Crippen LogP contribution in [0.5, 0.6) is 5.75 Å². The molecule has 0 aliphatic carbocycles. The van der Waals surface area contributed by atoms with E-state index in [1.165, 1.54) is 12.8 Å². The monoisotopic (exact) mass is 425 g/mol. The number of piperidine rings is 1. The van der Waals surface area contributed by atoms with E-state index in [4.69, 9.17) is 9.15 Å². The number of nitrogens with one attached hydrogen (secondary N) is 1. The summed E-state index contributed by atoms with van der Waals surface area (Å²) in [5, 5.41) is 4.20. The third-order valence-corrected chi connectivity index (χ3v) is 7.52. The molecule has 3 aliphatic heterocycles. The van der Waals surface area contributed by atoms with E-state index in [0.29, 0.717) is 36.1 Å². The summed E-state index contributed by atoms with van der Waals surface area (Å²) >= 11 is 0. The van der Waals surface area contributed by atoms with Gasteiger partial charge in [0.25, 0.3) is 5.91 Å². The molecule has 0 unspecified atom stereocenters. The molecule has 3 fully saturated rings. The molecule has 2 aromatic rings. The van der Waals surface area contributed by atoms with Gasteiger partial charge in [-0.2, -0.15) is 0 Å². The van der Waals surface area contributed by atoms with Gasteiger partial charge in [-0.1, -0.05) is 25.5 Å². The van der Waals surface area contributed by atoms with Crippen LogP contribution < -0.4 is 10.1 Å². The van der Waals surface area contributed by atoms with E-state index in [1.54, 1.807) is 13.2 Å². The number of benzene rings is 1. The third-order valence-electron chi connectivity index (χ3n) is 7.52. The standard InChI is InChI=1S/C24H31N3O4/c1-3-4-10-26-14-17-18(15-26)24(25-22(17)28)8-11-27(12-9-24)23(29)20-13-16-6-5-7-19(30-2)21(16)31-20/h5-7,13,17-18H,3-4,8-12,14-15H2,1-2H3,(H,25,28)/t17-,18+/m1/s1. The number of likely N-dealkylation sites (tertiary alicyclic amines) is 2. The topological polar surface area (TPSA) is 75.0 Å². The molecule has 0 saturated carbocycles. The molecule has 0 radical (unpaired) electrons. The zero-order valence-electron chi connectivity index (χ0n) is 18.4. The van der Waals surface area contributed by atoms with Gasteiger partial charge in [0.1, 0.15) is 0 Å².